The van der Waals surface area contributed by atoms with E-state index in [0.29, 0.717) is 22.9 Å². The van der Waals surface area contributed by atoms with Gasteiger partial charge in [-0.15, -0.1) is 12.4 Å². The molecule has 0 saturated carbocycles. The fourth-order valence-corrected chi connectivity index (χ4v) is 3.24. The molecule has 1 aliphatic heterocycles. The molecule has 3 aromatic heterocycles. The van der Waals surface area contributed by atoms with Crippen molar-refractivity contribution in [3.63, 3.8) is 0 Å². The highest BCUT2D eigenvalue weighted by Gasteiger charge is 2.17. The van der Waals surface area contributed by atoms with E-state index >= 15 is 0 Å². The van der Waals surface area contributed by atoms with E-state index in [4.69, 9.17) is 4.74 Å². The van der Waals surface area contributed by atoms with Crippen LogP contribution in [0, 0.1) is 11.3 Å². The Kier molecular flexibility index (Phi) is 4.93. The molecule has 0 radical (unpaired) electrons. The van der Waals surface area contributed by atoms with Crippen LogP contribution in [0.3, 0.4) is 0 Å². The van der Waals surface area contributed by atoms with Crippen molar-refractivity contribution in [2.45, 2.75) is 18.9 Å². The van der Waals surface area contributed by atoms with Crippen LogP contribution in [0.5, 0.6) is 5.75 Å². The lowest BCUT2D eigenvalue weighted by atomic mass is 10.1. The van der Waals surface area contributed by atoms with Gasteiger partial charge in [-0.2, -0.15) is 15.5 Å². The van der Waals surface area contributed by atoms with Gasteiger partial charge in [0.2, 0.25) is 0 Å². The molecule has 1 N–H and O–H groups in total. The summed E-state index contributed by atoms with van der Waals surface area (Å²) in [5.41, 5.74) is 3.17. The van der Waals surface area contributed by atoms with Gasteiger partial charge in [-0.1, -0.05) is 0 Å². The first-order valence-corrected chi connectivity index (χ1v) is 8.01. The fourth-order valence-electron chi connectivity index (χ4n) is 3.24. The highest BCUT2D eigenvalue weighted by atomic mass is 35.5. The van der Waals surface area contributed by atoms with Crippen LogP contribution in [0.1, 0.15) is 24.4 Å². The first-order chi connectivity index (χ1) is 11.8. The molecule has 1 saturated heterocycles. The molecule has 3 aromatic rings. The van der Waals surface area contributed by atoms with E-state index in [0.717, 1.165) is 37.1 Å². The van der Waals surface area contributed by atoms with Gasteiger partial charge in [-0.05, 0) is 32.0 Å². The molecule has 1 aliphatic rings. The van der Waals surface area contributed by atoms with Crippen molar-refractivity contribution >= 4 is 17.9 Å². The average Bonchev–Trinajstić information content (AvgIpc) is 3.28. The molecule has 0 aromatic carbocycles. The number of rotatable bonds is 3. The monoisotopic (exact) mass is 358 g/mol. The van der Waals surface area contributed by atoms with E-state index in [1.807, 2.05) is 18.5 Å². The van der Waals surface area contributed by atoms with E-state index in [1.165, 1.54) is 0 Å². The molecule has 0 bridgehead atoms. The van der Waals surface area contributed by atoms with Gasteiger partial charge in [-0.3, -0.25) is 4.68 Å². The smallest absolute Gasteiger partial charge is 0.146 e. The second-order valence-electron chi connectivity index (χ2n) is 5.95. The van der Waals surface area contributed by atoms with Gasteiger partial charge in [0.05, 0.1) is 25.5 Å². The molecule has 0 unspecified atom stereocenters. The van der Waals surface area contributed by atoms with Crippen LogP contribution in [0.2, 0.25) is 0 Å². The maximum Gasteiger partial charge on any atom is 0.146 e. The van der Waals surface area contributed by atoms with Gasteiger partial charge in [0.25, 0.3) is 0 Å². The van der Waals surface area contributed by atoms with Crippen molar-refractivity contribution in [1.82, 2.24) is 24.7 Å². The van der Waals surface area contributed by atoms with Crippen molar-refractivity contribution in [2.75, 3.05) is 20.2 Å². The highest BCUT2D eigenvalue weighted by Crippen LogP contribution is 2.30. The second kappa shape index (κ2) is 7.13. The molecule has 0 atom stereocenters. The van der Waals surface area contributed by atoms with Crippen LogP contribution in [0.4, 0.5) is 0 Å². The first kappa shape index (κ1) is 17.3. The van der Waals surface area contributed by atoms with E-state index < -0.39 is 0 Å². The summed E-state index contributed by atoms with van der Waals surface area (Å²) in [5.74, 6) is 0.635. The van der Waals surface area contributed by atoms with Crippen LogP contribution in [-0.2, 0) is 0 Å². The maximum atomic E-state index is 9.20. The van der Waals surface area contributed by atoms with Crippen molar-refractivity contribution in [3.05, 3.63) is 36.4 Å². The van der Waals surface area contributed by atoms with E-state index in [-0.39, 0.29) is 12.4 Å². The summed E-state index contributed by atoms with van der Waals surface area (Å²) < 4.78 is 9.21. The van der Waals surface area contributed by atoms with Gasteiger partial charge in [0.1, 0.15) is 22.9 Å². The molecule has 0 aliphatic carbocycles. The standard InChI is InChI=1S/C17H18N6O.ClH/c1-24-16-6-12(10-23-17(16)13(7-18)8-21-23)14-9-20-22(11-14)15-2-4-19-5-3-15;/h6,8-11,15,19H,2-5H2,1H3;1H. The quantitative estimate of drug-likeness (QED) is 0.777. The lowest BCUT2D eigenvalue weighted by Crippen LogP contribution is -2.29. The third kappa shape index (κ3) is 3.06. The Morgan fingerprint density at radius 1 is 1.20 bits per heavy atom. The van der Waals surface area contributed by atoms with Crippen molar-refractivity contribution in [2.24, 2.45) is 0 Å². The van der Waals surface area contributed by atoms with Crippen LogP contribution in [0.15, 0.2) is 30.9 Å². The summed E-state index contributed by atoms with van der Waals surface area (Å²) in [6.45, 7) is 2.06. The Morgan fingerprint density at radius 2 is 2.00 bits per heavy atom. The van der Waals surface area contributed by atoms with Crippen LogP contribution < -0.4 is 10.1 Å². The summed E-state index contributed by atoms with van der Waals surface area (Å²) in [6, 6.07) is 4.52. The summed E-state index contributed by atoms with van der Waals surface area (Å²) in [6.07, 6.45) is 9.59. The largest absolute Gasteiger partial charge is 0.494 e. The number of fused-ring (bicyclic) bond motifs is 1. The number of nitrogens with one attached hydrogen (secondary N) is 1. The number of methoxy groups -OCH3 is 1. The number of hydrogen-bond acceptors (Lipinski definition) is 5. The van der Waals surface area contributed by atoms with Crippen molar-refractivity contribution in [3.8, 4) is 22.9 Å². The van der Waals surface area contributed by atoms with E-state index in [1.54, 1.807) is 17.8 Å². The maximum absolute atomic E-state index is 9.20. The molecule has 130 valence electrons. The number of pyridine rings is 1. The lowest BCUT2D eigenvalue weighted by Gasteiger charge is -2.22. The van der Waals surface area contributed by atoms with Crippen molar-refractivity contribution in [1.29, 1.82) is 5.26 Å². The molecule has 25 heavy (non-hydrogen) atoms. The molecular formula is C17H19ClN6O. The highest BCUT2D eigenvalue weighted by molar-refractivity contribution is 5.85. The SMILES string of the molecule is COc1cc(-c2cnn(C3CCNCC3)c2)cn2ncc(C#N)c12.Cl. The predicted molar refractivity (Wildman–Crippen MR) is 96.1 cm³/mol. The van der Waals surface area contributed by atoms with Crippen molar-refractivity contribution < 1.29 is 4.74 Å². The zero-order chi connectivity index (χ0) is 16.5. The normalized spacial score (nSPS) is 14.9. The summed E-state index contributed by atoms with van der Waals surface area (Å²) in [4.78, 5) is 0. The molecule has 0 amide bonds. The number of aromatic nitrogens is 4. The van der Waals surface area contributed by atoms with E-state index in [9.17, 15) is 5.26 Å². The third-order valence-electron chi connectivity index (χ3n) is 4.53. The minimum absolute atomic E-state index is 0. The van der Waals surface area contributed by atoms with Gasteiger partial charge in [0.15, 0.2) is 0 Å². The van der Waals surface area contributed by atoms with Gasteiger partial charge < -0.3 is 10.1 Å². The molecule has 7 nitrogen and oxygen atoms in total. The molecule has 1 fully saturated rings. The Bertz CT molecular complexity index is 919. The topological polar surface area (TPSA) is 80.2 Å². The van der Waals surface area contributed by atoms with Crippen LogP contribution in [-0.4, -0.2) is 39.6 Å². The average molecular weight is 359 g/mol. The van der Waals surface area contributed by atoms with Gasteiger partial charge in [-0.25, -0.2) is 4.52 Å². The number of nitriles is 1. The molecule has 4 heterocycles. The Balaban J connectivity index is 0.00000182. The number of ether oxygens (including phenoxy) is 1. The molecule has 4 rings (SSSR count). The lowest BCUT2D eigenvalue weighted by molar-refractivity contribution is 0.343. The predicted octanol–water partition coefficient (Wildman–Crippen LogP) is 2.42. The van der Waals surface area contributed by atoms with Gasteiger partial charge in [0, 0.05) is 23.5 Å². The number of halogens is 1. The molecule has 0 spiro atoms. The van der Waals surface area contributed by atoms with Crippen LogP contribution in [0.25, 0.3) is 16.6 Å². The minimum Gasteiger partial charge on any atom is -0.494 e. The Morgan fingerprint density at radius 3 is 2.72 bits per heavy atom. The Labute approximate surface area is 151 Å². The summed E-state index contributed by atoms with van der Waals surface area (Å²) >= 11 is 0. The number of hydrogen-bond donors (Lipinski definition) is 1. The first-order valence-electron chi connectivity index (χ1n) is 8.01. The summed E-state index contributed by atoms with van der Waals surface area (Å²) in [7, 11) is 1.60. The fraction of sp³-hybridized carbons (Fsp3) is 0.353. The second-order valence-corrected chi connectivity index (χ2v) is 5.95. The van der Waals surface area contributed by atoms with Crippen LogP contribution >= 0.6 is 12.4 Å². The summed E-state index contributed by atoms with van der Waals surface area (Å²) in [5, 5.41) is 21.4. The number of nitrogens with zero attached hydrogens (tertiary/aromatic N) is 5. The Hall–Kier alpha value is -2.56. The van der Waals surface area contributed by atoms with E-state index in [2.05, 4.69) is 32.5 Å². The third-order valence-corrected chi connectivity index (χ3v) is 4.53. The molecular weight excluding hydrogens is 340 g/mol. The van der Waals surface area contributed by atoms with Gasteiger partial charge >= 0.3 is 0 Å². The number of piperidine rings is 1. The zero-order valence-corrected chi connectivity index (χ0v) is 14.7. The minimum atomic E-state index is 0. The zero-order valence-electron chi connectivity index (χ0n) is 13.8. The molecule has 8 heteroatoms.